The molecule has 0 fully saturated rings. The SMILES string of the molecule is Brc1[c-]cco1.[Li+]. The van der Waals surface area contributed by atoms with E-state index in [9.17, 15) is 0 Å². The average Bonchev–Trinajstić information content (AvgIpc) is 1.86. The molecule has 0 atom stereocenters. The van der Waals surface area contributed by atoms with Crippen molar-refractivity contribution in [1.29, 1.82) is 0 Å². The van der Waals surface area contributed by atoms with Crippen molar-refractivity contribution in [3.8, 4) is 0 Å². The summed E-state index contributed by atoms with van der Waals surface area (Å²) in [6, 6.07) is 4.45. The Balaban J connectivity index is 0.000000360. The minimum absolute atomic E-state index is 0. The third kappa shape index (κ3) is 2.23. The average molecular weight is 153 g/mol. The van der Waals surface area contributed by atoms with Crippen molar-refractivity contribution in [2.24, 2.45) is 0 Å². The van der Waals surface area contributed by atoms with Crippen LogP contribution in [-0.2, 0) is 0 Å². The Bertz CT molecular complexity index is 115. The Morgan fingerprint density at radius 2 is 2.43 bits per heavy atom. The predicted octanol–water partition coefficient (Wildman–Crippen LogP) is -1.15. The van der Waals surface area contributed by atoms with Crippen LogP contribution in [0.5, 0.6) is 0 Å². The van der Waals surface area contributed by atoms with Gasteiger partial charge in [-0.15, -0.1) is 0 Å². The summed E-state index contributed by atoms with van der Waals surface area (Å²) in [5, 5.41) is 0. The molecule has 0 aromatic carbocycles. The standard InChI is InChI=1S/C4H2BrO.Li/c5-4-2-1-3-6-4;/h1,3H;/q-1;+1. The summed E-state index contributed by atoms with van der Waals surface area (Å²) >= 11 is 3.06. The van der Waals surface area contributed by atoms with Crippen molar-refractivity contribution < 1.29 is 23.3 Å². The van der Waals surface area contributed by atoms with Crippen LogP contribution in [0.3, 0.4) is 0 Å². The second-order valence-electron chi connectivity index (χ2n) is 0.839. The van der Waals surface area contributed by atoms with Crippen molar-refractivity contribution in [1.82, 2.24) is 0 Å². The van der Waals surface area contributed by atoms with Crippen LogP contribution in [0.4, 0.5) is 0 Å². The van der Waals surface area contributed by atoms with E-state index in [0.29, 0.717) is 4.67 Å². The summed E-state index contributed by atoms with van der Waals surface area (Å²) in [5.41, 5.74) is 0. The molecule has 32 valence electrons. The van der Waals surface area contributed by atoms with Gasteiger partial charge in [-0.2, -0.15) is 12.1 Å². The molecule has 0 saturated carbocycles. The summed E-state index contributed by atoms with van der Waals surface area (Å²) in [4.78, 5) is 0. The van der Waals surface area contributed by atoms with Gasteiger partial charge < -0.3 is 4.42 Å². The zero-order chi connectivity index (χ0) is 4.41. The molecule has 0 bridgehead atoms. The van der Waals surface area contributed by atoms with Crippen LogP contribution < -0.4 is 18.9 Å². The Labute approximate surface area is 62.4 Å². The molecular formula is C4H2BrLiO. The normalized spacial score (nSPS) is 7.57. The molecule has 1 aromatic rings. The number of furan rings is 1. The van der Waals surface area contributed by atoms with Crippen LogP contribution in [0.25, 0.3) is 0 Å². The van der Waals surface area contributed by atoms with E-state index in [-0.39, 0.29) is 18.9 Å². The molecule has 1 rings (SSSR count). The predicted molar refractivity (Wildman–Crippen MR) is 25.2 cm³/mol. The first-order chi connectivity index (χ1) is 2.89. The third-order valence-corrected chi connectivity index (χ3v) is 0.852. The Hall–Kier alpha value is 0.357. The van der Waals surface area contributed by atoms with Crippen molar-refractivity contribution in [3.05, 3.63) is 23.1 Å². The molecular weight excluding hydrogens is 151 g/mol. The quantitative estimate of drug-likeness (QED) is 0.338. The minimum atomic E-state index is 0. The van der Waals surface area contributed by atoms with Gasteiger partial charge in [-0.05, 0) is 15.9 Å². The van der Waals surface area contributed by atoms with Crippen LogP contribution in [0.1, 0.15) is 0 Å². The zero-order valence-electron chi connectivity index (χ0n) is 3.94. The molecule has 7 heavy (non-hydrogen) atoms. The largest absolute Gasteiger partial charge is 1.00 e. The van der Waals surface area contributed by atoms with Crippen molar-refractivity contribution in [2.75, 3.05) is 0 Å². The monoisotopic (exact) mass is 152 g/mol. The van der Waals surface area contributed by atoms with Crippen molar-refractivity contribution in [2.45, 2.75) is 0 Å². The molecule has 0 aliphatic rings. The molecule has 1 heterocycles. The smallest absolute Gasteiger partial charge is 0.562 e. The van der Waals surface area contributed by atoms with Crippen LogP contribution in [0.2, 0.25) is 0 Å². The van der Waals surface area contributed by atoms with Crippen molar-refractivity contribution >= 4 is 15.9 Å². The summed E-state index contributed by atoms with van der Waals surface area (Å²) < 4.78 is 5.35. The summed E-state index contributed by atoms with van der Waals surface area (Å²) in [7, 11) is 0. The van der Waals surface area contributed by atoms with E-state index in [1.165, 1.54) is 0 Å². The first kappa shape index (κ1) is 7.36. The van der Waals surface area contributed by atoms with Gasteiger partial charge in [-0.1, -0.05) is 6.26 Å². The molecule has 0 radical (unpaired) electrons. The fourth-order valence-corrected chi connectivity index (χ4v) is 0.467. The first-order valence-corrected chi connectivity index (χ1v) is 2.29. The Kier molecular flexibility index (Phi) is 3.54. The van der Waals surface area contributed by atoms with Crippen LogP contribution in [0, 0.1) is 6.07 Å². The van der Waals surface area contributed by atoms with Gasteiger partial charge in [-0.3, -0.25) is 0 Å². The van der Waals surface area contributed by atoms with Crippen LogP contribution in [0.15, 0.2) is 21.4 Å². The van der Waals surface area contributed by atoms with E-state index < -0.39 is 0 Å². The maximum absolute atomic E-state index is 4.69. The van der Waals surface area contributed by atoms with Gasteiger partial charge in [0.1, 0.15) is 0 Å². The molecule has 1 aromatic heterocycles. The molecule has 0 spiro atoms. The van der Waals surface area contributed by atoms with E-state index in [2.05, 4.69) is 22.0 Å². The molecule has 0 aliphatic heterocycles. The van der Waals surface area contributed by atoms with E-state index >= 15 is 0 Å². The van der Waals surface area contributed by atoms with Gasteiger partial charge in [0.05, 0.1) is 4.67 Å². The van der Waals surface area contributed by atoms with Crippen LogP contribution in [-0.4, -0.2) is 0 Å². The molecule has 0 aliphatic carbocycles. The molecule has 0 N–H and O–H groups in total. The summed E-state index contributed by atoms with van der Waals surface area (Å²) in [5.74, 6) is 0. The van der Waals surface area contributed by atoms with E-state index in [4.69, 9.17) is 4.42 Å². The fraction of sp³-hybridized carbons (Fsp3) is 0. The number of hydrogen-bond acceptors (Lipinski definition) is 1. The van der Waals surface area contributed by atoms with E-state index in [1.807, 2.05) is 0 Å². The topological polar surface area (TPSA) is 13.1 Å². The maximum atomic E-state index is 4.69. The molecule has 0 amide bonds. The van der Waals surface area contributed by atoms with Gasteiger partial charge in [-0.25, -0.2) is 0 Å². The molecule has 3 heteroatoms. The number of hydrogen-bond donors (Lipinski definition) is 0. The molecule has 1 nitrogen and oxygen atoms in total. The first-order valence-electron chi connectivity index (χ1n) is 1.50. The molecule has 0 unspecified atom stereocenters. The number of rotatable bonds is 0. The van der Waals surface area contributed by atoms with Gasteiger partial charge in [0.2, 0.25) is 0 Å². The summed E-state index contributed by atoms with van der Waals surface area (Å²) in [6.45, 7) is 0. The van der Waals surface area contributed by atoms with E-state index in [0.717, 1.165) is 0 Å². The number of halogens is 1. The minimum Gasteiger partial charge on any atom is -0.562 e. The van der Waals surface area contributed by atoms with Gasteiger partial charge in [0.25, 0.3) is 0 Å². The third-order valence-electron chi connectivity index (χ3n) is 0.436. The van der Waals surface area contributed by atoms with Gasteiger partial charge in [0.15, 0.2) is 0 Å². The summed E-state index contributed by atoms with van der Waals surface area (Å²) in [6.07, 6.45) is 1.56. The van der Waals surface area contributed by atoms with Crippen molar-refractivity contribution in [3.63, 3.8) is 0 Å². The maximum Gasteiger partial charge on any atom is 1.00 e. The molecule has 0 saturated heterocycles. The van der Waals surface area contributed by atoms with Crippen LogP contribution >= 0.6 is 15.9 Å². The zero-order valence-corrected chi connectivity index (χ0v) is 5.53. The van der Waals surface area contributed by atoms with Gasteiger partial charge >= 0.3 is 18.9 Å². The second-order valence-corrected chi connectivity index (χ2v) is 1.56. The fourth-order valence-electron chi connectivity index (χ4n) is 0.227. The Morgan fingerprint density at radius 1 is 1.71 bits per heavy atom. The van der Waals surface area contributed by atoms with Gasteiger partial charge in [0, 0.05) is 0 Å². The van der Waals surface area contributed by atoms with E-state index in [1.54, 1.807) is 12.3 Å². The Morgan fingerprint density at radius 3 is 2.57 bits per heavy atom. The second kappa shape index (κ2) is 3.37.